The molecule has 1 amide bonds. The summed E-state index contributed by atoms with van der Waals surface area (Å²) in [6.07, 6.45) is 0. The van der Waals surface area contributed by atoms with Crippen molar-refractivity contribution in [2.45, 2.75) is 6.61 Å². The summed E-state index contributed by atoms with van der Waals surface area (Å²) in [6.45, 7) is 0.310. The highest BCUT2D eigenvalue weighted by molar-refractivity contribution is 7.71. The van der Waals surface area contributed by atoms with Crippen LogP contribution in [0.25, 0.3) is 5.78 Å². The van der Waals surface area contributed by atoms with E-state index < -0.39 is 5.91 Å². The van der Waals surface area contributed by atoms with Crippen molar-refractivity contribution in [2.75, 3.05) is 7.11 Å². The average Bonchev–Trinajstić information content (AvgIpc) is 2.61. The van der Waals surface area contributed by atoms with E-state index in [0.717, 1.165) is 0 Å². The van der Waals surface area contributed by atoms with E-state index in [9.17, 15) is 4.79 Å². The summed E-state index contributed by atoms with van der Waals surface area (Å²) in [6, 6.07) is 1.42. The van der Waals surface area contributed by atoms with Gasteiger partial charge in [-0.3, -0.25) is 9.89 Å². The van der Waals surface area contributed by atoms with Crippen LogP contribution >= 0.6 is 12.2 Å². The fraction of sp³-hybridized carbons (Fsp3) is 0.250. The zero-order valence-electron chi connectivity index (χ0n) is 8.43. The lowest BCUT2D eigenvalue weighted by atomic mass is 10.4. The van der Waals surface area contributed by atoms with Gasteiger partial charge in [0.15, 0.2) is 5.82 Å². The second-order valence-electron chi connectivity index (χ2n) is 3.08. The molecule has 0 aromatic carbocycles. The van der Waals surface area contributed by atoms with E-state index in [0.29, 0.717) is 22.8 Å². The average molecular weight is 239 g/mol. The molecule has 0 aliphatic carbocycles. The Morgan fingerprint density at radius 3 is 3.06 bits per heavy atom. The van der Waals surface area contributed by atoms with Gasteiger partial charge in [-0.2, -0.15) is 4.98 Å². The number of amides is 1. The molecule has 0 saturated carbocycles. The predicted molar refractivity (Wildman–Crippen MR) is 57.4 cm³/mol. The number of hydrogen-bond acceptors (Lipinski definition) is 5. The molecular formula is C8H9N5O2S. The highest BCUT2D eigenvalue weighted by Gasteiger charge is 2.08. The Bertz CT molecular complexity index is 602. The van der Waals surface area contributed by atoms with Gasteiger partial charge in [0.25, 0.3) is 11.7 Å². The number of ether oxygens (including phenoxy) is 1. The number of carbonyl (C=O) groups is 1. The Balaban J connectivity index is 2.63. The summed E-state index contributed by atoms with van der Waals surface area (Å²) in [5.41, 5.74) is 5.22. The fourth-order valence-corrected chi connectivity index (χ4v) is 1.49. The standard InChI is InChI=1S/C8H9N5O2S/c1-15-3-5-11-8-10-4(7(9)14)2-6(16)13(8)12-5/h2H,3H2,1H3,(H2,9,14)(H,10,11,12). The molecule has 0 bridgehead atoms. The molecule has 0 unspecified atom stereocenters. The molecule has 0 fully saturated rings. The van der Waals surface area contributed by atoms with Crippen LogP contribution in [0.2, 0.25) is 0 Å². The largest absolute Gasteiger partial charge is 0.377 e. The Morgan fingerprint density at radius 1 is 1.69 bits per heavy atom. The molecule has 0 atom stereocenters. The molecule has 2 aromatic heterocycles. The van der Waals surface area contributed by atoms with Crippen LogP contribution < -0.4 is 5.73 Å². The number of rotatable bonds is 3. The highest BCUT2D eigenvalue weighted by atomic mass is 32.1. The van der Waals surface area contributed by atoms with Crippen molar-refractivity contribution in [2.24, 2.45) is 5.73 Å². The number of aromatic amines is 1. The van der Waals surface area contributed by atoms with Crippen LogP contribution in [0, 0.1) is 4.64 Å². The number of H-pyrrole nitrogens is 1. The van der Waals surface area contributed by atoms with Gasteiger partial charge in [-0.25, -0.2) is 9.50 Å². The molecule has 8 heteroatoms. The third kappa shape index (κ3) is 1.79. The molecular weight excluding hydrogens is 230 g/mol. The first-order chi connectivity index (χ1) is 7.61. The van der Waals surface area contributed by atoms with Crippen molar-refractivity contribution in [1.82, 2.24) is 19.6 Å². The molecule has 0 saturated heterocycles. The van der Waals surface area contributed by atoms with E-state index in [4.69, 9.17) is 22.7 Å². The van der Waals surface area contributed by atoms with Crippen LogP contribution in [0.4, 0.5) is 0 Å². The van der Waals surface area contributed by atoms with E-state index in [1.165, 1.54) is 10.6 Å². The Hall–Kier alpha value is -1.80. The fourth-order valence-electron chi connectivity index (χ4n) is 1.25. The maximum absolute atomic E-state index is 11.0. The van der Waals surface area contributed by atoms with Crippen LogP contribution in [0.5, 0.6) is 0 Å². The summed E-state index contributed by atoms with van der Waals surface area (Å²) in [5.74, 6) is 0.237. The van der Waals surface area contributed by atoms with Gasteiger partial charge in [0.05, 0.1) is 0 Å². The van der Waals surface area contributed by atoms with E-state index in [-0.39, 0.29) is 5.69 Å². The van der Waals surface area contributed by atoms with Gasteiger partial charge in [0.1, 0.15) is 16.9 Å². The highest BCUT2D eigenvalue weighted by Crippen LogP contribution is 2.03. The minimum atomic E-state index is -0.634. The van der Waals surface area contributed by atoms with Crippen LogP contribution in [0.3, 0.4) is 0 Å². The summed E-state index contributed by atoms with van der Waals surface area (Å²) in [7, 11) is 1.55. The number of nitrogens with one attached hydrogen (secondary N) is 1. The van der Waals surface area contributed by atoms with Crippen molar-refractivity contribution < 1.29 is 9.53 Å². The normalized spacial score (nSPS) is 10.8. The smallest absolute Gasteiger partial charge is 0.267 e. The third-order valence-corrected chi connectivity index (χ3v) is 2.21. The van der Waals surface area contributed by atoms with Crippen molar-refractivity contribution in [3.05, 3.63) is 22.2 Å². The monoisotopic (exact) mass is 239 g/mol. The summed E-state index contributed by atoms with van der Waals surface area (Å²) in [4.78, 5) is 19.0. The molecule has 3 N–H and O–H groups in total. The molecule has 7 nitrogen and oxygen atoms in total. The Labute approximate surface area is 95.2 Å². The molecule has 84 valence electrons. The van der Waals surface area contributed by atoms with Gasteiger partial charge in [-0.15, -0.1) is 0 Å². The molecule has 0 radical (unpaired) electrons. The SMILES string of the molecule is COCc1nc2nc(C(N)=O)cc(=S)n2[nH]1. The lowest BCUT2D eigenvalue weighted by Crippen LogP contribution is -2.14. The number of nitrogens with two attached hydrogens (primary N) is 1. The van der Waals surface area contributed by atoms with Gasteiger partial charge < -0.3 is 10.5 Å². The lowest BCUT2D eigenvalue weighted by molar-refractivity contribution is 0.0995. The number of methoxy groups -OCH3 is 1. The van der Waals surface area contributed by atoms with Gasteiger partial charge >= 0.3 is 0 Å². The van der Waals surface area contributed by atoms with E-state index in [1.807, 2.05) is 0 Å². The zero-order valence-corrected chi connectivity index (χ0v) is 9.24. The number of primary amides is 1. The first kappa shape index (κ1) is 10.7. The Kier molecular flexibility index (Phi) is 2.67. The number of hydrogen-bond donors (Lipinski definition) is 2. The number of fused-ring (bicyclic) bond motifs is 1. The van der Waals surface area contributed by atoms with Gasteiger partial charge in [0, 0.05) is 13.2 Å². The van der Waals surface area contributed by atoms with Gasteiger partial charge in [-0.05, 0) is 0 Å². The molecule has 0 aliphatic rings. The van der Waals surface area contributed by atoms with Crippen LogP contribution in [0.15, 0.2) is 6.07 Å². The first-order valence-electron chi connectivity index (χ1n) is 4.39. The quantitative estimate of drug-likeness (QED) is 0.736. The molecule has 2 rings (SSSR count). The topological polar surface area (TPSA) is 98.3 Å². The lowest BCUT2D eigenvalue weighted by Gasteiger charge is -1.95. The van der Waals surface area contributed by atoms with Crippen molar-refractivity contribution in [3.8, 4) is 0 Å². The zero-order chi connectivity index (χ0) is 11.7. The van der Waals surface area contributed by atoms with E-state index >= 15 is 0 Å². The summed E-state index contributed by atoms with van der Waals surface area (Å²) in [5, 5.41) is 2.89. The molecule has 16 heavy (non-hydrogen) atoms. The van der Waals surface area contributed by atoms with Gasteiger partial charge in [0.2, 0.25) is 0 Å². The maximum Gasteiger partial charge on any atom is 0.267 e. The number of aromatic nitrogens is 4. The molecule has 0 aliphatic heterocycles. The summed E-state index contributed by atoms with van der Waals surface area (Å²) >= 11 is 5.06. The second kappa shape index (κ2) is 3.99. The minimum absolute atomic E-state index is 0.0977. The van der Waals surface area contributed by atoms with Crippen LogP contribution in [-0.2, 0) is 11.3 Å². The van der Waals surface area contributed by atoms with Gasteiger partial charge in [-0.1, -0.05) is 12.2 Å². The second-order valence-corrected chi connectivity index (χ2v) is 3.50. The molecule has 2 heterocycles. The molecule has 0 spiro atoms. The van der Waals surface area contributed by atoms with Crippen molar-refractivity contribution in [1.29, 1.82) is 0 Å². The van der Waals surface area contributed by atoms with Crippen molar-refractivity contribution >= 4 is 23.9 Å². The first-order valence-corrected chi connectivity index (χ1v) is 4.80. The predicted octanol–water partition coefficient (Wildman–Crippen LogP) is 0.0322. The Morgan fingerprint density at radius 2 is 2.44 bits per heavy atom. The third-order valence-electron chi connectivity index (χ3n) is 1.91. The maximum atomic E-state index is 11.0. The minimum Gasteiger partial charge on any atom is -0.377 e. The van der Waals surface area contributed by atoms with E-state index in [2.05, 4.69) is 15.1 Å². The van der Waals surface area contributed by atoms with Crippen LogP contribution in [0.1, 0.15) is 16.3 Å². The van der Waals surface area contributed by atoms with E-state index in [1.54, 1.807) is 7.11 Å². The summed E-state index contributed by atoms with van der Waals surface area (Å²) < 4.78 is 6.78. The number of carbonyl (C=O) groups excluding carboxylic acids is 1. The van der Waals surface area contributed by atoms with Crippen LogP contribution in [-0.4, -0.2) is 32.6 Å². The van der Waals surface area contributed by atoms with Crippen molar-refractivity contribution in [3.63, 3.8) is 0 Å². The molecule has 2 aromatic rings. The number of nitrogens with zero attached hydrogens (tertiary/aromatic N) is 3.